The van der Waals surface area contributed by atoms with Crippen molar-refractivity contribution in [2.24, 2.45) is 40.4 Å². The van der Waals surface area contributed by atoms with E-state index in [0.29, 0.717) is 23.0 Å². The van der Waals surface area contributed by atoms with E-state index in [-0.39, 0.29) is 17.4 Å². The smallest absolute Gasteiger partial charge is 0.431 e. The van der Waals surface area contributed by atoms with Crippen LogP contribution in [0.1, 0.15) is 85.5 Å². The van der Waals surface area contributed by atoms with E-state index in [1.54, 1.807) is 13.8 Å². The fourth-order valence-electron chi connectivity index (χ4n) is 8.29. The maximum atomic E-state index is 12.3. The molecule has 0 aromatic carbocycles. The van der Waals surface area contributed by atoms with Crippen LogP contribution in [0.2, 0.25) is 0 Å². The standard InChI is InChI=1S/C24H37ClO4/c1-14(26)19-7-8-20-18-6-5-16-13-17(29-22(27)28-15(2)25)9-11-23(16,3)21(18)10-12-24(19,20)4/h15-21H,5-13H2,1-4H3/t15?,16-,17+,18?,19?,20-,21-,23?,24?/m0/s1. The number of rotatable bonds is 3. The Hall–Kier alpha value is -0.770. The number of carbonyl (C=O) groups excluding carboxylic acids is 2. The van der Waals surface area contributed by atoms with Gasteiger partial charge in [-0.3, -0.25) is 4.79 Å². The molecule has 9 atom stereocenters. The van der Waals surface area contributed by atoms with E-state index >= 15 is 0 Å². The topological polar surface area (TPSA) is 52.6 Å². The third-order valence-electron chi connectivity index (χ3n) is 9.63. The zero-order chi connectivity index (χ0) is 21.0. The van der Waals surface area contributed by atoms with Crippen molar-refractivity contribution in [2.75, 3.05) is 0 Å². The SMILES string of the molecule is CC(=O)C1CC[C@H]2C3CC[C@H]4C[C@H](OC(=O)OC(C)Cl)CCC4(C)[C@H]3CCC12C. The Morgan fingerprint density at radius 1 is 0.966 bits per heavy atom. The highest BCUT2D eigenvalue weighted by Crippen LogP contribution is 2.67. The van der Waals surface area contributed by atoms with Crippen LogP contribution in [0.15, 0.2) is 0 Å². The van der Waals surface area contributed by atoms with Gasteiger partial charge in [-0.2, -0.15) is 0 Å². The first kappa shape index (κ1) is 21.5. The minimum atomic E-state index is -0.659. The second kappa shape index (κ2) is 7.73. The first-order valence-electron chi connectivity index (χ1n) is 11.7. The highest BCUT2D eigenvalue weighted by Gasteiger charge is 2.60. The van der Waals surface area contributed by atoms with E-state index in [0.717, 1.165) is 37.5 Å². The van der Waals surface area contributed by atoms with Crippen molar-refractivity contribution < 1.29 is 19.1 Å². The summed E-state index contributed by atoms with van der Waals surface area (Å²) >= 11 is 5.74. The monoisotopic (exact) mass is 424 g/mol. The molecule has 5 heteroatoms. The molecular weight excluding hydrogens is 388 g/mol. The molecule has 0 heterocycles. The van der Waals surface area contributed by atoms with Crippen LogP contribution >= 0.6 is 11.6 Å². The number of carbonyl (C=O) groups is 2. The molecule has 4 saturated carbocycles. The summed E-state index contributed by atoms with van der Waals surface area (Å²) in [5, 5.41) is 0. The lowest BCUT2D eigenvalue weighted by Crippen LogP contribution is -2.54. The number of Topliss-reactive ketones (excluding diaryl/α,β-unsaturated/α-hetero) is 1. The highest BCUT2D eigenvalue weighted by atomic mass is 35.5. The molecule has 164 valence electrons. The van der Waals surface area contributed by atoms with Crippen LogP contribution in [0.25, 0.3) is 0 Å². The fourth-order valence-corrected chi connectivity index (χ4v) is 8.36. The van der Waals surface area contributed by atoms with Gasteiger partial charge in [0.25, 0.3) is 0 Å². The Kier molecular flexibility index (Phi) is 5.72. The van der Waals surface area contributed by atoms with Crippen molar-refractivity contribution in [2.45, 2.75) is 97.1 Å². The van der Waals surface area contributed by atoms with Gasteiger partial charge >= 0.3 is 6.16 Å². The van der Waals surface area contributed by atoms with Gasteiger partial charge in [-0.05, 0) is 106 Å². The summed E-state index contributed by atoms with van der Waals surface area (Å²) in [6.45, 7) is 8.35. The summed E-state index contributed by atoms with van der Waals surface area (Å²) in [5.41, 5.74) is -0.103. The van der Waals surface area contributed by atoms with Crippen LogP contribution in [0.5, 0.6) is 0 Å². The van der Waals surface area contributed by atoms with Gasteiger partial charge in [0.15, 0.2) is 5.56 Å². The first-order valence-corrected chi connectivity index (χ1v) is 12.1. The Labute approximate surface area is 180 Å². The maximum absolute atomic E-state index is 12.3. The summed E-state index contributed by atoms with van der Waals surface area (Å²) in [6, 6.07) is 0. The molecule has 29 heavy (non-hydrogen) atoms. The first-order chi connectivity index (χ1) is 13.6. The minimum absolute atomic E-state index is 0.0463. The molecule has 4 aliphatic rings. The molecule has 0 amide bonds. The van der Waals surface area contributed by atoms with Crippen LogP contribution in [-0.2, 0) is 14.3 Å². The lowest BCUT2D eigenvalue weighted by molar-refractivity contribution is -0.140. The van der Waals surface area contributed by atoms with Gasteiger partial charge in [-0.1, -0.05) is 25.4 Å². The number of alkyl halides is 1. The van der Waals surface area contributed by atoms with E-state index in [9.17, 15) is 9.59 Å². The summed E-state index contributed by atoms with van der Waals surface area (Å²) in [5.74, 6) is 3.52. The van der Waals surface area contributed by atoms with E-state index in [2.05, 4.69) is 13.8 Å². The summed E-state index contributed by atoms with van der Waals surface area (Å²) in [7, 11) is 0. The third-order valence-corrected chi connectivity index (χ3v) is 9.72. The molecule has 0 bridgehead atoms. The molecule has 4 rings (SSSR count). The fraction of sp³-hybridized carbons (Fsp3) is 0.917. The van der Waals surface area contributed by atoms with Crippen molar-refractivity contribution in [3.63, 3.8) is 0 Å². The molecule has 5 unspecified atom stereocenters. The summed E-state index contributed by atoms with van der Waals surface area (Å²) in [4.78, 5) is 24.2. The molecule has 0 saturated heterocycles. The molecule has 0 aromatic rings. The van der Waals surface area contributed by atoms with Crippen molar-refractivity contribution >= 4 is 23.5 Å². The Morgan fingerprint density at radius 2 is 1.66 bits per heavy atom. The quantitative estimate of drug-likeness (QED) is 0.391. The lowest BCUT2D eigenvalue weighted by atomic mass is 9.44. The van der Waals surface area contributed by atoms with Crippen molar-refractivity contribution in [1.29, 1.82) is 0 Å². The molecule has 0 aromatic heterocycles. The molecule has 4 nitrogen and oxygen atoms in total. The van der Waals surface area contributed by atoms with Gasteiger partial charge in [0.2, 0.25) is 0 Å². The molecule has 0 spiro atoms. The maximum Gasteiger partial charge on any atom is 0.510 e. The molecule has 4 aliphatic carbocycles. The van der Waals surface area contributed by atoms with E-state index in [1.165, 1.54) is 32.1 Å². The van der Waals surface area contributed by atoms with Gasteiger partial charge in [-0.15, -0.1) is 0 Å². The van der Waals surface area contributed by atoms with Crippen LogP contribution < -0.4 is 0 Å². The number of ether oxygens (including phenoxy) is 2. The van der Waals surface area contributed by atoms with E-state index in [4.69, 9.17) is 21.1 Å². The van der Waals surface area contributed by atoms with Crippen LogP contribution in [0.4, 0.5) is 4.79 Å². The zero-order valence-corrected chi connectivity index (χ0v) is 19.2. The molecule has 4 fully saturated rings. The summed E-state index contributed by atoms with van der Waals surface area (Å²) < 4.78 is 10.5. The van der Waals surface area contributed by atoms with Crippen molar-refractivity contribution in [1.82, 2.24) is 0 Å². The van der Waals surface area contributed by atoms with Gasteiger partial charge < -0.3 is 9.47 Å². The Bertz CT molecular complexity index is 663. The molecular formula is C24H37ClO4. The molecule has 0 radical (unpaired) electrons. The average Bonchev–Trinajstić information content (AvgIpc) is 2.98. The van der Waals surface area contributed by atoms with Crippen LogP contribution in [0.3, 0.4) is 0 Å². The van der Waals surface area contributed by atoms with Gasteiger partial charge in [0, 0.05) is 5.92 Å². The number of hydrogen-bond acceptors (Lipinski definition) is 4. The Morgan fingerprint density at radius 3 is 2.34 bits per heavy atom. The Balaban J connectivity index is 1.45. The van der Waals surface area contributed by atoms with Crippen LogP contribution in [-0.4, -0.2) is 23.6 Å². The predicted molar refractivity (Wildman–Crippen MR) is 113 cm³/mol. The second-order valence-corrected chi connectivity index (χ2v) is 11.5. The predicted octanol–water partition coefficient (Wildman–Crippen LogP) is 6.34. The third kappa shape index (κ3) is 3.62. The molecule has 0 aliphatic heterocycles. The number of halogens is 1. The van der Waals surface area contributed by atoms with Crippen molar-refractivity contribution in [3.05, 3.63) is 0 Å². The van der Waals surface area contributed by atoms with Crippen molar-refractivity contribution in [3.8, 4) is 0 Å². The van der Waals surface area contributed by atoms with E-state index in [1.807, 2.05) is 0 Å². The number of fused-ring (bicyclic) bond motifs is 5. The largest absolute Gasteiger partial charge is 0.510 e. The zero-order valence-electron chi connectivity index (χ0n) is 18.4. The van der Waals surface area contributed by atoms with Gasteiger partial charge in [0.05, 0.1) is 0 Å². The van der Waals surface area contributed by atoms with Crippen LogP contribution in [0, 0.1) is 40.4 Å². The lowest BCUT2D eigenvalue weighted by Gasteiger charge is -2.61. The second-order valence-electron chi connectivity index (χ2n) is 10.9. The minimum Gasteiger partial charge on any atom is -0.431 e. The molecule has 0 N–H and O–H groups in total. The number of hydrogen-bond donors (Lipinski definition) is 0. The summed E-state index contributed by atoms with van der Waals surface area (Å²) in [6.07, 6.45) is 9.57. The average molecular weight is 425 g/mol. The van der Waals surface area contributed by atoms with E-state index < -0.39 is 11.7 Å². The van der Waals surface area contributed by atoms with Gasteiger partial charge in [-0.25, -0.2) is 4.79 Å². The normalized spacial score (nSPS) is 47.3. The number of ketones is 1. The van der Waals surface area contributed by atoms with Gasteiger partial charge in [0.1, 0.15) is 11.9 Å². The highest BCUT2D eigenvalue weighted by molar-refractivity contribution is 6.19.